The van der Waals surface area contributed by atoms with Crippen molar-refractivity contribution in [3.8, 4) is 0 Å². The molecule has 0 spiro atoms. The van der Waals surface area contributed by atoms with Crippen LogP contribution in [0, 0.1) is 0 Å². The minimum absolute atomic E-state index is 0. The number of guanidine groups is 1. The van der Waals surface area contributed by atoms with E-state index in [0.717, 1.165) is 43.6 Å². The van der Waals surface area contributed by atoms with Crippen molar-refractivity contribution in [1.82, 2.24) is 20.4 Å². The first-order chi connectivity index (χ1) is 13.5. The second kappa shape index (κ2) is 9.04. The highest BCUT2D eigenvalue weighted by Crippen LogP contribution is 2.36. The van der Waals surface area contributed by atoms with E-state index in [9.17, 15) is 5.11 Å². The Balaban J connectivity index is 0.00000240. The fraction of sp³-hybridized carbons (Fsp3) is 0.545. The maximum absolute atomic E-state index is 11.1. The van der Waals surface area contributed by atoms with Crippen molar-refractivity contribution >= 4 is 29.9 Å². The molecule has 0 radical (unpaired) electrons. The molecule has 2 aliphatic carbocycles. The van der Waals surface area contributed by atoms with Crippen molar-refractivity contribution in [3.63, 3.8) is 0 Å². The van der Waals surface area contributed by atoms with Crippen LogP contribution in [0.3, 0.4) is 0 Å². The SMILES string of the molecule is CN=C(NCC1(O)CCc2ccccc21)NC1CCc2cn(C(C)C)nc2C1.I. The first-order valence-corrected chi connectivity index (χ1v) is 10.3. The normalized spacial score (nSPS) is 23.3. The van der Waals surface area contributed by atoms with Gasteiger partial charge < -0.3 is 15.7 Å². The lowest BCUT2D eigenvalue weighted by Gasteiger charge is -2.28. The van der Waals surface area contributed by atoms with E-state index in [2.05, 4.69) is 46.4 Å². The molecule has 2 aliphatic rings. The van der Waals surface area contributed by atoms with Gasteiger partial charge in [0, 0.05) is 31.7 Å². The number of fused-ring (bicyclic) bond motifs is 2. The third kappa shape index (κ3) is 4.60. The van der Waals surface area contributed by atoms with E-state index in [0.29, 0.717) is 18.6 Å². The molecule has 3 N–H and O–H groups in total. The summed E-state index contributed by atoms with van der Waals surface area (Å²) in [5, 5.41) is 22.8. The van der Waals surface area contributed by atoms with Crippen molar-refractivity contribution in [2.45, 2.75) is 63.6 Å². The minimum atomic E-state index is -0.829. The highest BCUT2D eigenvalue weighted by molar-refractivity contribution is 14.0. The van der Waals surface area contributed by atoms with Crippen LogP contribution in [0.4, 0.5) is 0 Å². The number of aliphatic hydroxyl groups is 1. The number of halogens is 1. The van der Waals surface area contributed by atoms with Gasteiger partial charge in [0.1, 0.15) is 5.60 Å². The minimum Gasteiger partial charge on any atom is -0.383 e. The molecule has 4 rings (SSSR count). The van der Waals surface area contributed by atoms with Gasteiger partial charge in [-0.3, -0.25) is 9.67 Å². The molecule has 1 aromatic carbocycles. The molecule has 1 heterocycles. The van der Waals surface area contributed by atoms with Gasteiger partial charge in [-0.25, -0.2) is 0 Å². The Morgan fingerprint density at radius 1 is 1.31 bits per heavy atom. The number of aromatic nitrogens is 2. The number of hydrogen-bond donors (Lipinski definition) is 3. The molecule has 6 nitrogen and oxygen atoms in total. The van der Waals surface area contributed by atoms with Gasteiger partial charge >= 0.3 is 0 Å². The van der Waals surface area contributed by atoms with E-state index >= 15 is 0 Å². The lowest BCUT2D eigenvalue weighted by atomic mass is 9.94. The zero-order valence-corrected chi connectivity index (χ0v) is 19.8. The van der Waals surface area contributed by atoms with E-state index in [1.807, 2.05) is 18.2 Å². The Kier molecular flexibility index (Phi) is 6.88. The maximum Gasteiger partial charge on any atom is 0.191 e. The zero-order chi connectivity index (χ0) is 19.7. The highest BCUT2D eigenvalue weighted by atomic mass is 127. The highest BCUT2D eigenvalue weighted by Gasteiger charge is 2.36. The molecule has 7 heteroatoms. The predicted octanol–water partition coefficient (Wildman–Crippen LogP) is 2.94. The number of hydrogen-bond acceptors (Lipinski definition) is 3. The average molecular weight is 509 g/mol. The fourth-order valence-corrected chi connectivity index (χ4v) is 4.37. The summed E-state index contributed by atoms with van der Waals surface area (Å²) in [6.45, 7) is 4.78. The third-order valence-electron chi connectivity index (χ3n) is 6.07. The van der Waals surface area contributed by atoms with Crippen LogP contribution < -0.4 is 10.6 Å². The van der Waals surface area contributed by atoms with Gasteiger partial charge in [-0.1, -0.05) is 24.3 Å². The van der Waals surface area contributed by atoms with Gasteiger partial charge in [0.2, 0.25) is 0 Å². The number of nitrogens with one attached hydrogen (secondary N) is 2. The van der Waals surface area contributed by atoms with Crippen LogP contribution in [0.2, 0.25) is 0 Å². The summed E-state index contributed by atoms with van der Waals surface area (Å²) < 4.78 is 2.06. The molecule has 2 atom stereocenters. The number of nitrogens with zero attached hydrogens (tertiary/aromatic N) is 3. The molecule has 0 amide bonds. The first kappa shape index (κ1) is 22.1. The van der Waals surface area contributed by atoms with Crippen molar-refractivity contribution in [1.29, 1.82) is 0 Å². The molecule has 2 unspecified atom stereocenters. The topological polar surface area (TPSA) is 74.5 Å². The Morgan fingerprint density at radius 3 is 2.86 bits per heavy atom. The van der Waals surface area contributed by atoms with E-state index in [1.54, 1.807) is 7.05 Å². The molecule has 1 aromatic heterocycles. The quantitative estimate of drug-likeness (QED) is 0.337. The standard InChI is InChI=1S/C22H31N5O.HI/c1-15(2)27-13-17-8-9-18(12-20(17)26-27)25-21(23-3)24-14-22(28)11-10-16-6-4-5-7-19(16)22;/h4-7,13,15,18,28H,8-12,14H2,1-3H3,(H2,23,24,25);1H. The van der Waals surface area contributed by atoms with Crippen LogP contribution in [0.5, 0.6) is 0 Å². The smallest absolute Gasteiger partial charge is 0.191 e. The van der Waals surface area contributed by atoms with Crippen LogP contribution in [-0.4, -0.2) is 40.5 Å². The van der Waals surface area contributed by atoms with Crippen LogP contribution in [0.1, 0.15) is 55.1 Å². The lowest BCUT2D eigenvalue weighted by Crippen LogP contribution is -2.49. The monoisotopic (exact) mass is 509 g/mol. The van der Waals surface area contributed by atoms with E-state index in [1.165, 1.54) is 16.8 Å². The summed E-state index contributed by atoms with van der Waals surface area (Å²) in [6, 6.07) is 8.87. The summed E-state index contributed by atoms with van der Waals surface area (Å²) in [7, 11) is 1.78. The fourth-order valence-electron chi connectivity index (χ4n) is 4.37. The number of aryl methyl sites for hydroxylation is 2. The lowest BCUT2D eigenvalue weighted by molar-refractivity contribution is 0.0431. The van der Waals surface area contributed by atoms with Crippen molar-refractivity contribution in [2.24, 2.45) is 4.99 Å². The van der Waals surface area contributed by atoms with Gasteiger partial charge in [-0.15, -0.1) is 24.0 Å². The number of benzene rings is 1. The second-order valence-corrected chi connectivity index (χ2v) is 8.37. The first-order valence-electron chi connectivity index (χ1n) is 10.3. The Bertz CT molecular complexity index is 878. The third-order valence-corrected chi connectivity index (χ3v) is 6.07. The van der Waals surface area contributed by atoms with Crippen LogP contribution in [-0.2, 0) is 24.9 Å². The van der Waals surface area contributed by atoms with Gasteiger partial charge in [0.05, 0.1) is 12.2 Å². The van der Waals surface area contributed by atoms with Crippen molar-refractivity contribution in [2.75, 3.05) is 13.6 Å². The summed E-state index contributed by atoms with van der Waals surface area (Å²) in [6.07, 6.45) is 6.86. The number of aliphatic imine (C=N–C) groups is 1. The van der Waals surface area contributed by atoms with E-state index in [-0.39, 0.29) is 24.0 Å². The van der Waals surface area contributed by atoms with Crippen molar-refractivity contribution in [3.05, 3.63) is 52.8 Å². The van der Waals surface area contributed by atoms with Crippen LogP contribution in [0.25, 0.3) is 0 Å². The summed E-state index contributed by atoms with van der Waals surface area (Å²) >= 11 is 0. The average Bonchev–Trinajstić information content (AvgIpc) is 3.27. The molecule has 0 aliphatic heterocycles. The maximum atomic E-state index is 11.1. The van der Waals surface area contributed by atoms with E-state index in [4.69, 9.17) is 5.10 Å². The molecule has 0 saturated carbocycles. The Morgan fingerprint density at radius 2 is 2.10 bits per heavy atom. The largest absolute Gasteiger partial charge is 0.383 e. The van der Waals surface area contributed by atoms with E-state index < -0.39 is 5.60 Å². The molecule has 29 heavy (non-hydrogen) atoms. The second-order valence-electron chi connectivity index (χ2n) is 8.37. The Hall–Kier alpha value is -1.61. The molecule has 0 bridgehead atoms. The molecule has 0 fully saturated rings. The van der Waals surface area contributed by atoms with Gasteiger partial charge in [-0.2, -0.15) is 5.10 Å². The number of rotatable bonds is 4. The molecule has 2 aromatic rings. The molecule has 0 saturated heterocycles. The predicted molar refractivity (Wildman–Crippen MR) is 127 cm³/mol. The van der Waals surface area contributed by atoms with Gasteiger partial charge in [-0.05, 0) is 56.2 Å². The van der Waals surface area contributed by atoms with Crippen LogP contribution in [0.15, 0.2) is 35.5 Å². The molecular weight excluding hydrogens is 477 g/mol. The summed E-state index contributed by atoms with van der Waals surface area (Å²) in [5.41, 5.74) is 4.02. The zero-order valence-electron chi connectivity index (χ0n) is 17.5. The Labute approximate surface area is 190 Å². The summed E-state index contributed by atoms with van der Waals surface area (Å²) in [4.78, 5) is 4.38. The van der Waals surface area contributed by atoms with Gasteiger partial charge in [0.15, 0.2) is 5.96 Å². The molecular formula is C22H32IN5O. The summed E-state index contributed by atoms with van der Waals surface area (Å²) in [5.74, 6) is 0.745. The molecule has 158 valence electrons. The van der Waals surface area contributed by atoms with Gasteiger partial charge in [0.25, 0.3) is 0 Å². The van der Waals surface area contributed by atoms with Crippen LogP contribution >= 0.6 is 24.0 Å². The van der Waals surface area contributed by atoms with Crippen molar-refractivity contribution < 1.29 is 5.11 Å².